The van der Waals surface area contributed by atoms with E-state index in [1.807, 2.05) is 62.6 Å². The maximum Gasteiger partial charge on any atom is 0.227 e. The number of thioether (sulfide) groups is 1. The first-order chi connectivity index (χ1) is 14.5. The van der Waals surface area contributed by atoms with E-state index in [4.69, 9.17) is 0 Å². The Kier molecular flexibility index (Phi) is 6.03. The molecule has 156 valence electrons. The molecule has 1 amide bonds. The molecule has 1 N–H and O–H groups in total. The highest BCUT2D eigenvalue weighted by molar-refractivity contribution is 7.98. The maximum absolute atomic E-state index is 12.7. The van der Waals surface area contributed by atoms with Crippen molar-refractivity contribution in [3.63, 3.8) is 0 Å². The van der Waals surface area contributed by atoms with Crippen molar-refractivity contribution in [1.29, 1.82) is 0 Å². The molecule has 4 rings (SSSR count). The number of rotatable bonds is 5. The summed E-state index contributed by atoms with van der Waals surface area (Å²) >= 11 is 1.67. The van der Waals surface area contributed by atoms with E-state index in [-0.39, 0.29) is 11.8 Å². The molecule has 0 aliphatic carbocycles. The first-order valence-electron chi connectivity index (χ1n) is 10.1. The zero-order valence-electron chi connectivity index (χ0n) is 17.5. The van der Waals surface area contributed by atoms with Crippen LogP contribution in [0.1, 0.15) is 24.2 Å². The van der Waals surface area contributed by atoms with Gasteiger partial charge in [-0.25, -0.2) is 4.68 Å². The van der Waals surface area contributed by atoms with E-state index in [0.717, 1.165) is 53.7 Å². The second-order valence-electron chi connectivity index (χ2n) is 7.57. The normalized spacial score (nSPS) is 14.7. The number of carbonyl (C=O) groups is 1. The highest BCUT2D eigenvalue weighted by Gasteiger charge is 2.26. The third kappa shape index (κ3) is 4.48. The first kappa shape index (κ1) is 20.4. The summed E-state index contributed by atoms with van der Waals surface area (Å²) in [5, 5.41) is 16.3. The lowest BCUT2D eigenvalue weighted by atomic mass is 9.96. The average molecular weight is 423 g/mol. The van der Waals surface area contributed by atoms with Gasteiger partial charge < -0.3 is 10.2 Å². The second-order valence-corrected chi connectivity index (χ2v) is 8.45. The summed E-state index contributed by atoms with van der Waals surface area (Å²) in [5.41, 5.74) is 2.85. The lowest BCUT2D eigenvalue weighted by Crippen LogP contribution is -2.38. The summed E-state index contributed by atoms with van der Waals surface area (Å²) in [6, 6.07) is 13.9. The molecule has 0 bridgehead atoms. The number of aromatic nitrogens is 4. The highest BCUT2D eigenvalue weighted by atomic mass is 32.2. The van der Waals surface area contributed by atoms with Crippen LogP contribution >= 0.6 is 11.8 Å². The second kappa shape index (κ2) is 8.87. The SMILES string of the molecule is CSc1cccc(NC(=O)C2CCN(c3ccc(-n4nc(C)cc4C)nn3)CC2)c1. The van der Waals surface area contributed by atoms with E-state index in [2.05, 4.69) is 25.5 Å². The van der Waals surface area contributed by atoms with Gasteiger partial charge in [-0.15, -0.1) is 22.0 Å². The maximum atomic E-state index is 12.7. The Morgan fingerprint density at radius 3 is 2.43 bits per heavy atom. The summed E-state index contributed by atoms with van der Waals surface area (Å²) in [6.07, 6.45) is 3.63. The Balaban J connectivity index is 1.35. The lowest BCUT2D eigenvalue weighted by molar-refractivity contribution is -0.120. The fraction of sp³-hybridized carbons (Fsp3) is 0.364. The van der Waals surface area contributed by atoms with Gasteiger partial charge in [-0.1, -0.05) is 6.07 Å². The number of amides is 1. The van der Waals surface area contributed by atoms with Crippen LogP contribution in [0.15, 0.2) is 47.4 Å². The number of nitrogens with one attached hydrogen (secondary N) is 1. The van der Waals surface area contributed by atoms with Crippen molar-refractivity contribution in [1.82, 2.24) is 20.0 Å². The van der Waals surface area contributed by atoms with Gasteiger partial charge in [0.25, 0.3) is 0 Å². The van der Waals surface area contributed by atoms with Gasteiger partial charge in [-0.3, -0.25) is 4.79 Å². The van der Waals surface area contributed by atoms with E-state index in [1.54, 1.807) is 16.4 Å². The van der Waals surface area contributed by atoms with Crippen LogP contribution in [0.4, 0.5) is 11.5 Å². The molecule has 1 aromatic carbocycles. The molecule has 30 heavy (non-hydrogen) atoms. The average Bonchev–Trinajstić information content (AvgIpc) is 3.12. The number of hydrogen-bond donors (Lipinski definition) is 1. The van der Waals surface area contributed by atoms with E-state index < -0.39 is 0 Å². The van der Waals surface area contributed by atoms with Gasteiger partial charge in [0.15, 0.2) is 11.6 Å². The van der Waals surface area contributed by atoms with Crippen molar-refractivity contribution in [2.24, 2.45) is 5.92 Å². The van der Waals surface area contributed by atoms with Crippen LogP contribution in [0, 0.1) is 19.8 Å². The minimum atomic E-state index is 0.0149. The smallest absolute Gasteiger partial charge is 0.227 e. The van der Waals surface area contributed by atoms with Crippen molar-refractivity contribution in [3.8, 4) is 5.82 Å². The quantitative estimate of drug-likeness (QED) is 0.630. The summed E-state index contributed by atoms with van der Waals surface area (Å²) in [6.45, 7) is 5.54. The molecule has 0 atom stereocenters. The molecule has 7 nitrogen and oxygen atoms in total. The van der Waals surface area contributed by atoms with Gasteiger partial charge >= 0.3 is 0 Å². The predicted molar refractivity (Wildman–Crippen MR) is 120 cm³/mol. The number of hydrogen-bond acceptors (Lipinski definition) is 6. The number of piperidine rings is 1. The standard InChI is InChI=1S/C22H26N6OS/c1-15-13-16(2)28(26-15)21-8-7-20(24-25-21)27-11-9-17(10-12-27)22(29)23-18-5-4-6-19(14-18)30-3/h4-8,13-14,17H,9-12H2,1-3H3,(H,23,29). The molecule has 0 spiro atoms. The van der Waals surface area contributed by atoms with Crippen molar-refractivity contribution < 1.29 is 4.79 Å². The van der Waals surface area contributed by atoms with E-state index in [0.29, 0.717) is 5.82 Å². The first-order valence-corrected chi connectivity index (χ1v) is 11.3. The van der Waals surface area contributed by atoms with Crippen LogP contribution in [0.5, 0.6) is 0 Å². The Hall–Kier alpha value is -2.87. The number of aryl methyl sites for hydroxylation is 2. The van der Waals surface area contributed by atoms with Crippen molar-refractivity contribution >= 4 is 29.2 Å². The van der Waals surface area contributed by atoms with Crippen LogP contribution in [0.2, 0.25) is 0 Å². The predicted octanol–water partition coefficient (Wildman–Crippen LogP) is 3.86. The lowest BCUT2D eigenvalue weighted by Gasteiger charge is -2.31. The number of anilines is 2. The molecule has 3 aromatic rings. The van der Waals surface area contributed by atoms with Crippen LogP contribution in [0.3, 0.4) is 0 Å². The molecule has 1 saturated heterocycles. The molecule has 2 aromatic heterocycles. The summed E-state index contributed by atoms with van der Waals surface area (Å²) in [4.78, 5) is 16.0. The Morgan fingerprint density at radius 1 is 1.07 bits per heavy atom. The summed E-state index contributed by atoms with van der Waals surface area (Å²) in [7, 11) is 0. The zero-order valence-corrected chi connectivity index (χ0v) is 18.3. The zero-order chi connectivity index (χ0) is 21.1. The molecule has 3 heterocycles. The highest BCUT2D eigenvalue weighted by Crippen LogP contribution is 2.24. The van der Waals surface area contributed by atoms with E-state index in [1.165, 1.54) is 0 Å². The van der Waals surface area contributed by atoms with Crippen molar-refractivity contribution in [3.05, 3.63) is 53.9 Å². The minimum absolute atomic E-state index is 0.0149. The van der Waals surface area contributed by atoms with Crippen LogP contribution in [0.25, 0.3) is 5.82 Å². The molecular weight excluding hydrogens is 396 g/mol. The monoisotopic (exact) mass is 422 g/mol. The molecule has 1 aliphatic heterocycles. The van der Waals surface area contributed by atoms with Gasteiger partial charge in [0.1, 0.15) is 0 Å². The Labute approximate surface area is 180 Å². The van der Waals surface area contributed by atoms with Gasteiger partial charge in [-0.2, -0.15) is 5.10 Å². The molecule has 8 heteroatoms. The molecule has 0 radical (unpaired) electrons. The van der Waals surface area contributed by atoms with Gasteiger partial charge in [0, 0.05) is 35.3 Å². The van der Waals surface area contributed by atoms with Gasteiger partial charge in [-0.05, 0) is 69.3 Å². The minimum Gasteiger partial charge on any atom is -0.355 e. The third-order valence-corrected chi connectivity index (χ3v) is 6.12. The molecule has 0 saturated carbocycles. The fourth-order valence-electron chi connectivity index (χ4n) is 3.78. The van der Waals surface area contributed by atoms with Gasteiger partial charge in [0.2, 0.25) is 5.91 Å². The van der Waals surface area contributed by atoms with Crippen molar-refractivity contribution in [2.45, 2.75) is 31.6 Å². The Morgan fingerprint density at radius 2 is 1.80 bits per heavy atom. The van der Waals surface area contributed by atoms with E-state index >= 15 is 0 Å². The Bertz CT molecular complexity index is 1020. The van der Waals surface area contributed by atoms with Crippen LogP contribution in [-0.4, -0.2) is 45.2 Å². The fourth-order valence-corrected chi connectivity index (χ4v) is 4.24. The molecule has 0 unspecified atom stereocenters. The topological polar surface area (TPSA) is 75.9 Å². The van der Waals surface area contributed by atoms with Gasteiger partial charge in [0.05, 0.1) is 5.69 Å². The molecular formula is C22H26N6OS. The number of nitrogens with zero attached hydrogens (tertiary/aromatic N) is 5. The van der Waals surface area contributed by atoms with Crippen LogP contribution < -0.4 is 10.2 Å². The number of carbonyl (C=O) groups excluding carboxylic acids is 1. The summed E-state index contributed by atoms with van der Waals surface area (Å²) in [5.74, 6) is 1.66. The number of benzene rings is 1. The van der Waals surface area contributed by atoms with Crippen LogP contribution in [-0.2, 0) is 4.79 Å². The largest absolute Gasteiger partial charge is 0.355 e. The third-order valence-electron chi connectivity index (χ3n) is 5.39. The molecule has 1 aliphatic rings. The molecule has 1 fully saturated rings. The van der Waals surface area contributed by atoms with Crippen molar-refractivity contribution in [2.75, 3.05) is 29.6 Å². The summed E-state index contributed by atoms with van der Waals surface area (Å²) < 4.78 is 1.80. The van der Waals surface area contributed by atoms with E-state index in [9.17, 15) is 4.79 Å².